The molecule has 3 atom stereocenters. The minimum absolute atomic E-state index is 0.0107. The summed E-state index contributed by atoms with van der Waals surface area (Å²) in [6.45, 7) is 0.949. The lowest BCUT2D eigenvalue weighted by Gasteiger charge is -2.34. The predicted molar refractivity (Wildman–Crippen MR) is 128 cm³/mol. The van der Waals surface area contributed by atoms with Crippen molar-refractivity contribution < 1.29 is 29.0 Å². The Morgan fingerprint density at radius 2 is 1.74 bits per heavy atom. The van der Waals surface area contributed by atoms with E-state index >= 15 is 0 Å². The van der Waals surface area contributed by atoms with Crippen LogP contribution in [0.2, 0.25) is 0 Å². The van der Waals surface area contributed by atoms with E-state index in [9.17, 15) is 19.5 Å². The van der Waals surface area contributed by atoms with Crippen LogP contribution in [0.4, 0.5) is 4.79 Å². The van der Waals surface area contributed by atoms with Gasteiger partial charge in [0, 0.05) is 32.0 Å². The van der Waals surface area contributed by atoms with Crippen LogP contribution in [0.3, 0.4) is 0 Å². The van der Waals surface area contributed by atoms with E-state index in [4.69, 9.17) is 9.47 Å². The van der Waals surface area contributed by atoms with E-state index in [1.54, 1.807) is 0 Å². The number of hydrogen-bond acceptors (Lipinski definition) is 5. The third kappa shape index (κ3) is 4.16. The minimum atomic E-state index is -1.29. The first kappa shape index (κ1) is 23.4. The lowest BCUT2D eigenvalue weighted by molar-refractivity contribution is -0.160. The van der Waals surface area contributed by atoms with E-state index in [0.717, 1.165) is 11.1 Å². The van der Waals surface area contributed by atoms with E-state index in [1.807, 2.05) is 24.3 Å². The molecule has 35 heavy (non-hydrogen) atoms. The summed E-state index contributed by atoms with van der Waals surface area (Å²) in [5.74, 6) is -1.50. The summed E-state index contributed by atoms with van der Waals surface area (Å²) in [5, 5.41) is 12.6. The van der Waals surface area contributed by atoms with Gasteiger partial charge >= 0.3 is 12.1 Å². The fourth-order valence-electron chi connectivity index (χ4n) is 5.71. The zero-order valence-electron chi connectivity index (χ0n) is 19.7. The second-order valence-electron chi connectivity index (χ2n) is 9.67. The fourth-order valence-corrected chi connectivity index (χ4v) is 5.71. The average molecular weight is 479 g/mol. The van der Waals surface area contributed by atoms with Gasteiger partial charge in [0.1, 0.15) is 6.61 Å². The van der Waals surface area contributed by atoms with E-state index in [1.165, 1.54) is 23.1 Å². The molecule has 2 N–H and O–H groups in total. The number of amides is 2. The summed E-state index contributed by atoms with van der Waals surface area (Å²) in [6.07, 6.45) is 1.14. The van der Waals surface area contributed by atoms with Crippen LogP contribution in [-0.2, 0) is 19.1 Å². The number of hydrogen-bond donors (Lipinski definition) is 2. The lowest BCUT2D eigenvalue weighted by atomic mass is 9.97. The van der Waals surface area contributed by atoms with Crippen molar-refractivity contribution in [2.24, 2.45) is 11.8 Å². The van der Waals surface area contributed by atoms with Crippen LogP contribution in [0, 0.1) is 11.8 Å². The monoisotopic (exact) mass is 478 g/mol. The van der Waals surface area contributed by atoms with E-state index in [0.29, 0.717) is 32.4 Å². The Labute approximate surface area is 204 Å². The Morgan fingerprint density at radius 1 is 1.09 bits per heavy atom. The average Bonchev–Trinajstić information content (AvgIpc) is 3.40. The summed E-state index contributed by atoms with van der Waals surface area (Å²) in [7, 11) is 1.45. The highest BCUT2D eigenvalue weighted by atomic mass is 16.5. The number of carbonyl (C=O) groups is 3. The number of carboxylic acids is 1. The maximum atomic E-state index is 13.1. The third-order valence-electron chi connectivity index (χ3n) is 7.63. The molecule has 2 fully saturated rings. The number of methoxy groups -OCH3 is 1. The molecule has 2 aliphatic carbocycles. The van der Waals surface area contributed by atoms with Crippen molar-refractivity contribution in [3.63, 3.8) is 0 Å². The topological polar surface area (TPSA) is 105 Å². The van der Waals surface area contributed by atoms with Gasteiger partial charge in [-0.2, -0.15) is 0 Å². The molecule has 184 valence electrons. The van der Waals surface area contributed by atoms with Gasteiger partial charge in [0.05, 0.1) is 6.61 Å². The number of carboxylic acid groups (broad SMARTS) is 1. The number of benzene rings is 2. The Balaban J connectivity index is 1.14. The standard InChI is InChI=1S/C27H30N2O6/c1-34-16-27(25(31)32)11-6-12-29(27)24(30)22-13-17(22)14-28-26(33)35-15-23-20-9-4-2-7-18(20)19-8-3-5-10-21(19)23/h2-5,7-10,17,22-23H,6,11-16H2,1H3,(H,28,33)(H,31,32). The Kier molecular flexibility index (Phi) is 6.23. The molecular weight excluding hydrogens is 448 g/mol. The van der Waals surface area contributed by atoms with Gasteiger partial charge < -0.3 is 24.8 Å². The molecule has 5 rings (SSSR count). The molecule has 3 aliphatic rings. The Morgan fingerprint density at radius 3 is 2.37 bits per heavy atom. The Bertz CT molecular complexity index is 1100. The third-order valence-corrected chi connectivity index (χ3v) is 7.63. The van der Waals surface area contributed by atoms with Crippen molar-refractivity contribution in [2.75, 3.05) is 33.4 Å². The number of alkyl carbamates (subject to hydrolysis) is 1. The number of ether oxygens (including phenoxy) is 2. The number of fused-ring (bicyclic) bond motifs is 3. The smallest absolute Gasteiger partial charge is 0.407 e. The first-order valence-electron chi connectivity index (χ1n) is 12.1. The molecule has 0 radical (unpaired) electrons. The molecule has 8 heteroatoms. The summed E-state index contributed by atoms with van der Waals surface area (Å²) in [4.78, 5) is 38.9. The van der Waals surface area contributed by atoms with E-state index in [2.05, 4.69) is 29.6 Å². The minimum Gasteiger partial charge on any atom is -0.479 e. The predicted octanol–water partition coefficient (Wildman–Crippen LogP) is 3.25. The SMILES string of the molecule is COCC1(C(=O)O)CCCN1C(=O)C1CC1CNC(=O)OCC1c2ccccc2-c2ccccc21. The van der Waals surface area contributed by atoms with Crippen LogP contribution in [-0.4, -0.2) is 66.9 Å². The normalized spacial score (nSPS) is 24.5. The van der Waals surface area contributed by atoms with Crippen molar-refractivity contribution in [1.29, 1.82) is 0 Å². The highest BCUT2D eigenvalue weighted by Gasteiger charge is 2.55. The van der Waals surface area contributed by atoms with Crippen LogP contribution in [0.1, 0.15) is 36.3 Å². The molecule has 8 nitrogen and oxygen atoms in total. The summed E-state index contributed by atoms with van der Waals surface area (Å²) < 4.78 is 10.7. The molecular formula is C27H30N2O6. The number of nitrogens with zero attached hydrogens (tertiary/aromatic N) is 1. The van der Waals surface area contributed by atoms with Crippen LogP contribution in [0.25, 0.3) is 11.1 Å². The van der Waals surface area contributed by atoms with Gasteiger partial charge in [-0.15, -0.1) is 0 Å². The number of aliphatic carboxylic acids is 1. The van der Waals surface area contributed by atoms with Crippen LogP contribution < -0.4 is 5.32 Å². The van der Waals surface area contributed by atoms with Crippen molar-refractivity contribution in [3.8, 4) is 11.1 Å². The van der Waals surface area contributed by atoms with Gasteiger partial charge in [0.25, 0.3) is 0 Å². The van der Waals surface area contributed by atoms with Gasteiger partial charge in [-0.3, -0.25) is 4.79 Å². The summed E-state index contributed by atoms with van der Waals surface area (Å²) in [5.41, 5.74) is 3.35. The summed E-state index contributed by atoms with van der Waals surface area (Å²) in [6, 6.07) is 16.3. The molecule has 2 aromatic rings. The number of nitrogens with one attached hydrogen (secondary N) is 1. The second-order valence-corrected chi connectivity index (χ2v) is 9.67. The molecule has 0 spiro atoms. The zero-order chi connectivity index (χ0) is 24.6. The molecule has 2 amide bonds. The molecule has 0 aromatic heterocycles. The molecule has 1 aliphatic heterocycles. The zero-order valence-corrected chi connectivity index (χ0v) is 19.7. The largest absolute Gasteiger partial charge is 0.479 e. The van der Waals surface area contributed by atoms with Crippen LogP contribution in [0.15, 0.2) is 48.5 Å². The van der Waals surface area contributed by atoms with Gasteiger partial charge in [-0.05, 0) is 47.4 Å². The molecule has 2 aromatic carbocycles. The maximum absolute atomic E-state index is 13.1. The van der Waals surface area contributed by atoms with Crippen molar-refractivity contribution in [1.82, 2.24) is 10.2 Å². The van der Waals surface area contributed by atoms with Gasteiger partial charge in [-0.25, -0.2) is 9.59 Å². The first-order chi connectivity index (χ1) is 17.0. The molecule has 3 unspecified atom stereocenters. The van der Waals surface area contributed by atoms with Crippen LogP contribution >= 0.6 is 0 Å². The second kappa shape index (κ2) is 9.34. The van der Waals surface area contributed by atoms with Crippen molar-refractivity contribution in [3.05, 3.63) is 59.7 Å². The number of likely N-dealkylation sites (tertiary alicyclic amines) is 1. The molecule has 1 saturated heterocycles. The summed E-state index contributed by atoms with van der Waals surface area (Å²) >= 11 is 0. The fraction of sp³-hybridized carbons (Fsp3) is 0.444. The number of rotatable bonds is 8. The maximum Gasteiger partial charge on any atom is 0.407 e. The first-order valence-corrected chi connectivity index (χ1v) is 12.1. The van der Waals surface area contributed by atoms with E-state index < -0.39 is 17.6 Å². The van der Waals surface area contributed by atoms with Gasteiger partial charge in [0.2, 0.25) is 5.91 Å². The highest BCUT2D eigenvalue weighted by molar-refractivity contribution is 5.90. The molecule has 1 saturated carbocycles. The molecule has 1 heterocycles. The van der Waals surface area contributed by atoms with E-state index in [-0.39, 0.29) is 36.9 Å². The van der Waals surface area contributed by atoms with Gasteiger partial charge in [-0.1, -0.05) is 48.5 Å². The van der Waals surface area contributed by atoms with Crippen molar-refractivity contribution >= 4 is 18.0 Å². The van der Waals surface area contributed by atoms with Gasteiger partial charge in [0.15, 0.2) is 5.54 Å². The Hall–Kier alpha value is -3.39. The lowest BCUT2D eigenvalue weighted by Crippen LogP contribution is -2.56. The quantitative estimate of drug-likeness (QED) is 0.604. The number of carbonyl (C=O) groups excluding carboxylic acids is 2. The highest BCUT2D eigenvalue weighted by Crippen LogP contribution is 2.45. The van der Waals surface area contributed by atoms with Crippen LogP contribution in [0.5, 0.6) is 0 Å². The van der Waals surface area contributed by atoms with Crippen molar-refractivity contribution in [2.45, 2.75) is 30.7 Å². The molecule has 0 bridgehead atoms.